The largest absolute Gasteiger partial charge is 0.507 e. The molecule has 0 spiro atoms. The summed E-state index contributed by atoms with van der Waals surface area (Å²) >= 11 is 6.16. The zero-order valence-electron chi connectivity index (χ0n) is 15.7. The van der Waals surface area contributed by atoms with E-state index >= 15 is 0 Å². The van der Waals surface area contributed by atoms with E-state index in [2.05, 4.69) is 0 Å². The molecule has 0 bridgehead atoms. The molecule has 0 fully saturated rings. The summed E-state index contributed by atoms with van der Waals surface area (Å²) in [7, 11) is 0. The van der Waals surface area contributed by atoms with Crippen LogP contribution in [0.5, 0.6) is 11.5 Å². The summed E-state index contributed by atoms with van der Waals surface area (Å²) in [6.07, 6.45) is 8.15. The van der Waals surface area contributed by atoms with Gasteiger partial charge < -0.3 is 14.9 Å². The maximum absolute atomic E-state index is 13.0. The Morgan fingerprint density at radius 1 is 0.966 bits per heavy atom. The first kappa shape index (κ1) is 20.7. The average Bonchev–Trinajstić information content (AvgIpc) is 2.70. The molecule has 6 heteroatoms. The third-order valence-corrected chi connectivity index (χ3v) is 5.04. The SMILES string of the molecule is O=C1/C=C/CC/C=C/C[C@@H](c2ccccc2)OC(=O)c2c(O)cc(O)c(Cl)c2C1. The standard InChI is InChI=1S/C23H21ClO5/c24-22-17-13-16(25)11-7-2-1-3-8-12-20(15-9-5-4-6-10-15)29-23(28)21(17)18(26)14-19(22)27/h3-11,14,20,26-27H,1-2,12-13H2/b8-3+,11-7+/t20-/m0/s1. The van der Waals surface area contributed by atoms with Gasteiger partial charge in [-0.3, -0.25) is 4.79 Å². The second-order valence-corrected chi connectivity index (χ2v) is 7.09. The Bertz CT molecular complexity index is 963. The van der Waals surface area contributed by atoms with Crippen LogP contribution in [-0.2, 0) is 16.0 Å². The van der Waals surface area contributed by atoms with Gasteiger partial charge in [0.2, 0.25) is 0 Å². The number of hydrogen-bond acceptors (Lipinski definition) is 5. The lowest BCUT2D eigenvalue weighted by Gasteiger charge is -2.19. The molecule has 5 nitrogen and oxygen atoms in total. The maximum Gasteiger partial charge on any atom is 0.342 e. The molecule has 0 aromatic heterocycles. The minimum absolute atomic E-state index is 0.0447. The zero-order chi connectivity index (χ0) is 20.8. The number of rotatable bonds is 1. The number of phenolic OH excluding ortho intramolecular Hbond substituents is 2. The van der Waals surface area contributed by atoms with E-state index in [9.17, 15) is 19.8 Å². The number of hydrogen-bond donors (Lipinski definition) is 2. The van der Waals surface area contributed by atoms with Gasteiger partial charge in [0.25, 0.3) is 0 Å². The van der Waals surface area contributed by atoms with Crippen molar-refractivity contribution in [2.24, 2.45) is 0 Å². The molecule has 2 aromatic carbocycles. The van der Waals surface area contributed by atoms with E-state index in [-0.39, 0.29) is 28.4 Å². The Hall–Kier alpha value is -3.05. The van der Waals surface area contributed by atoms with Crippen LogP contribution in [0.4, 0.5) is 0 Å². The molecule has 0 aliphatic carbocycles. The molecule has 150 valence electrons. The topological polar surface area (TPSA) is 83.8 Å². The summed E-state index contributed by atoms with van der Waals surface area (Å²) in [6, 6.07) is 10.2. The number of ether oxygens (including phenoxy) is 1. The quantitative estimate of drug-likeness (QED) is 0.505. The molecular weight excluding hydrogens is 392 g/mol. The molecule has 0 saturated heterocycles. The van der Waals surface area contributed by atoms with Gasteiger partial charge in [-0.05, 0) is 24.5 Å². The van der Waals surface area contributed by atoms with E-state index in [1.807, 2.05) is 42.5 Å². The number of allylic oxidation sites excluding steroid dienone is 3. The second kappa shape index (κ2) is 9.43. The van der Waals surface area contributed by atoms with Gasteiger partial charge in [0.1, 0.15) is 23.2 Å². The minimum Gasteiger partial charge on any atom is -0.507 e. The molecule has 2 aromatic rings. The first-order chi connectivity index (χ1) is 14.0. The van der Waals surface area contributed by atoms with Crippen LogP contribution in [-0.4, -0.2) is 22.0 Å². The lowest BCUT2D eigenvalue weighted by Crippen LogP contribution is -2.15. The van der Waals surface area contributed by atoms with Crippen molar-refractivity contribution >= 4 is 23.4 Å². The monoisotopic (exact) mass is 412 g/mol. The van der Waals surface area contributed by atoms with Gasteiger partial charge >= 0.3 is 5.97 Å². The maximum atomic E-state index is 13.0. The summed E-state index contributed by atoms with van der Waals surface area (Å²) in [5.74, 6) is -2.00. The fraction of sp³-hybridized carbons (Fsp3) is 0.217. The van der Waals surface area contributed by atoms with Gasteiger partial charge in [-0.15, -0.1) is 0 Å². The molecule has 0 saturated carbocycles. The normalized spacial score (nSPS) is 20.2. The molecular formula is C23H21ClO5. The Labute approximate surface area is 173 Å². The Kier molecular flexibility index (Phi) is 6.73. The van der Waals surface area contributed by atoms with Crippen LogP contribution in [0.1, 0.15) is 46.9 Å². The van der Waals surface area contributed by atoms with E-state index in [0.29, 0.717) is 12.8 Å². The van der Waals surface area contributed by atoms with Gasteiger partial charge in [0, 0.05) is 24.5 Å². The van der Waals surface area contributed by atoms with Crippen molar-refractivity contribution in [1.29, 1.82) is 0 Å². The van der Waals surface area contributed by atoms with E-state index in [0.717, 1.165) is 18.1 Å². The van der Waals surface area contributed by atoms with Crippen molar-refractivity contribution in [3.05, 3.63) is 82.4 Å². The third kappa shape index (κ3) is 5.06. The van der Waals surface area contributed by atoms with Gasteiger partial charge in [-0.2, -0.15) is 0 Å². The Balaban J connectivity index is 2.06. The summed E-state index contributed by atoms with van der Waals surface area (Å²) < 4.78 is 5.70. The number of aromatic hydroxyl groups is 2. The highest BCUT2D eigenvalue weighted by Gasteiger charge is 2.27. The van der Waals surface area contributed by atoms with E-state index < -0.39 is 23.6 Å². The van der Waals surface area contributed by atoms with Crippen molar-refractivity contribution in [1.82, 2.24) is 0 Å². The number of fused-ring (bicyclic) bond motifs is 1. The first-order valence-electron chi connectivity index (χ1n) is 9.31. The molecule has 3 rings (SSSR count). The fourth-order valence-electron chi connectivity index (χ4n) is 3.16. The van der Waals surface area contributed by atoms with E-state index in [4.69, 9.17) is 16.3 Å². The molecule has 1 aliphatic rings. The van der Waals surface area contributed by atoms with Gasteiger partial charge in [-0.25, -0.2) is 4.79 Å². The van der Waals surface area contributed by atoms with Crippen LogP contribution in [0.25, 0.3) is 0 Å². The molecule has 1 heterocycles. The van der Waals surface area contributed by atoms with Crippen molar-refractivity contribution in [3.63, 3.8) is 0 Å². The van der Waals surface area contributed by atoms with Crippen molar-refractivity contribution in [2.75, 3.05) is 0 Å². The second-order valence-electron chi connectivity index (χ2n) is 6.72. The van der Waals surface area contributed by atoms with Crippen LogP contribution < -0.4 is 0 Å². The molecule has 29 heavy (non-hydrogen) atoms. The van der Waals surface area contributed by atoms with Gasteiger partial charge in [0.15, 0.2) is 5.78 Å². The lowest BCUT2D eigenvalue weighted by molar-refractivity contribution is -0.114. The predicted octanol–water partition coefficient (Wildman–Crippen LogP) is 5.06. The molecule has 1 aliphatic heterocycles. The number of cyclic esters (lactones) is 1. The van der Waals surface area contributed by atoms with Crippen LogP contribution >= 0.6 is 11.6 Å². The summed E-state index contributed by atoms with van der Waals surface area (Å²) in [4.78, 5) is 25.3. The van der Waals surface area contributed by atoms with Crippen LogP contribution in [0.15, 0.2) is 60.7 Å². The lowest BCUT2D eigenvalue weighted by atomic mass is 9.99. The van der Waals surface area contributed by atoms with Gasteiger partial charge in [0.05, 0.1) is 5.02 Å². The number of benzene rings is 2. The number of carbonyl (C=O) groups is 2. The van der Waals surface area contributed by atoms with Crippen molar-refractivity contribution in [3.8, 4) is 11.5 Å². The highest BCUT2D eigenvalue weighted by molar-refractivity contribution is 6.33. The van der Waals surface area contributed by atoms with Crippen LogP contribution in [0.2, 0.25) is 5.02 Å². The summed E-state index contributed by atoms with van der Waals surface area (Å²) in [6.45, 7) is 0. The molecule has 0 amide bonds. The number of esters is 1. The van der Waals surface area contributed by atoms with Crippen LogP contribution in [0.3, 0.4) is 0 Å². The van der Waals surface area contributed by atoms with Gasteiger partial charge in [-0.1, -0.05) is 60.2 Å². The smallest absolute Gasteiger partial charge is 0.342 e. The third-order valence-electron chi connectivity index (χ3n) is 4.62. The highest BCUT2D eigenvalue weighted by Crippen LogP contribution is 2.38. The number of ketones is 1. The molecule has 0 unspecified atom stereocenters. The molecule has 1 atom stereocenters. The minimum atomic E-state index is -0.810. The Morgan fingerprint density at radius 2 is 1.69 bits per heavy atom. The number of carbonyl (C=O) groups excluding carboxylic acids is 2. The zero-order valence-corrected chi connectivity index (χ0v) is 16.4. The first-order valence-corrected chi connectivity index (χ1v) is 9.68. The number of halogens is 1. The highest BCUT2D eigenvalue weighted by atomic mass is 35.5. The Morgan fingerprint density at radius 3 is 2.45 bits per heavy atom. The molecule has 2 N–H and O–H groups in total. The summed E-state index contributed by atoms with van der Waals surface area (Å²) in [5.41, 5.74) is 0.638. The number of phenols is 2. The fourth-order valence-corrected chi connectivity index (χ4v) is 3.38. The van der Waals surface area contributed by atoms with E-state index in [1.165, 1.54) is 6.08 Å². The van der Waals surface area contributed by atoms with Crippen molar-refractivity contribution < 1.29 is 24.5 Å². The summed E-state index contributed by atoms with van der Waals surface area (Å²) in [5, 5.41) is 20.1. The molecule has 0 radical (unpaired) electrons. The van der Waals surface area contributed by atoms with E-state index in [1.54, 1.807) is 6.08 Å². The van der Waals surface area contributed by atoms with Crippen molar-refractivity contribution in [2.45, 2.75) is 31.8 Å². The predicted molar refractivity (Wildman–Crippen MR) is 110 cm³/mol. The average molecular weight is 413 g/mol. The van der Waals surface area contributed by atoms with Crippen LogP contribution in [0, 0.1) is 0 Å².